The number of nitro benzene ring substituents is 1. The van der Waals surface area contributed by atoms with E-state index in [1.54, 1.807) is 12.3 Å². The first-order valence-electron chi connectivity index (χ1n) is 9.80. The number of nitrogens with one attached hydrogen (secondary N) is 1. The SMILES string of the molecule is CSc1ccc(S(=O)(=O)NCC(=O)OC(C)C(=O)c2ccc3c(c2)CCC3)cc1[N+](=O)[O-]. The predicted molar refractivity (Wildman–Crippen MR) is 118 cm³/mol. The number of thioether (sulfide) groups is 1. The molecule has 1 N–H and O–H groups in total. The highest BCUT2D eigenvalue weighted by Gasteiger charge is 2.24. The average Bonchev–Trinajstić information content (AvgIpc) is 3.24. The molecule has 0 bridgehead atoms. The van der Waals surface area contributed by atoms with Crippen LogP contribution in [0.1, 0.15) is 34.8 Å². The van der Waals surface area contributed by atoms with E-state index in [-0.39, 0.29) is 16.4 Å². The summed E-state index contributed by atoms with van der Waals surface area (Å²) in [5.74, 6) is -1.31. The molecule has 32 heavy (non-hydrogen) atoms. The number of ether oxygens (including phenoxy) is 1. The van der Waals surface area contributed by atoms with Crippen LogP contribution in [0.4, 0.5) is 5.69 Å². The summed E-state index contributed by atoms with van der Waals surface area (Å²) in [6.45, 7) is 0.703. The molecule has 0 saturated heterocycles. The number of benzene rings is 2. The third-order valence-corrected chi connectivity index (χ3v) is 7.31. The Kier molecular flexibility index (Phi) is 7.32. The van der Waals surface area contributed by atoms with Crippen molar-refractivity contribution >= 4 is 39.2 Å². The lowest BCUT2D eigenvalue weighted by Crippen LogP contribution is -2.34. The van der Waals surface area contributed by atoms with Crippen molar-refractivity contribution in [3.8, 4) is 0 Å². The fourth-order valence-electron chi connectivity index (χ4n) is 3.47. The molecule has 1 unspecified atom stereocenters. The van der Waals surface area contributed by atoms with E-state index in [4.69, 9.17) is 4.74 Å². The van der Waals surface area contributed by atoms with Gasteiger partial charge in [-0.2, -0.15) is 4.72 Å². The quantitative estimate of drug-likeness (QED) is 0.191. The van der Waals surface area contributed by atoms with Crippen LogP contribution in [0.5, 0.6) is 0 Å². The van der Waals surface area contributed by atoms with Crippen molar-refractivity contribution in [2.24, 2.45) is 0 Å². The van der Waals surface area contributed by atoms with Gasteiger partial charge in [0.05, 0.1) is 14.7 Å². The van der Waals surface area contributed by atoms with Crippen LogP contribution >= 0.6 is 11.8 Å². The molecule has 2 aromatic rings. The number of hydrogen-bond acceptors (Lipinski definition) is 8. The monoisotopic (exact) mass is 478 g/mol. The summed E-state index contributed by atoms with van der Waals surface area (Å²) in [6.07, 6.45) is 3.48. The lowest BCUT2D eigenvalue weighted by Gasteiger charge is -2.14. The van der Waals surface area contributed by atoms with Gasteiger partial charge in [0.2, 0.25) is 15.8 Å². The van der Waals surface area contributed by atoms with Crippen LogP contribution in [-0.2, 0) is 32.4 Å². The molecule has 11 heteroatoms. The topological polar surface area (TPSA) is 133 Å². The molecule has 1 aliphatic rings. The summed E-state index contributed by atoms with van der Waals surface area (Å²) in [5.41, 5.74) is 2.42. The van der Waals surface area contributed by atoms with E-state index in [1.807, 2.05) is 12.1 Å². The maximum atomic E-state index is 12.6. The van der Waals surface area contributed by atoms with Crippen molar-refractivity contribution in [1.29, 1.82) is 0 Å². The van der Waals surface area contributed by atoms with E-state index in [2.05, 4.69) is 4.72 Å². The summed E-state index contributed by atoms with van der Waals surface area (Å²) in [5, 5.41) is 11.2. The number of rotatable bonds is 9. The number of aryl methyl sites for hydroxylation is 2. The molecule has 0 fully saturated rings. The molecule has 0 saturated carbocycles. The van der Waals surface area contributed by atoms with Crippen molar-refractivity contribution in [2.45, 2.75) is 42.1 Å². The number of nitrogens with zero attached hydrogens (tertiary/aromatic N) is 1. The summed E-state index contributed by atoms with van der Waals surface area (Å²) >= 11 is 1.11. The molecular weight excluding hydrogens is 456 g/mol. The van der Waals surface area contributed by atoms with E-state index in [0.29, 0.717) is 10.5 Å². The van der Waals surface area contributed by atoms with Crippen molar-refractivity contribution in [2.75, 3.05) is 12.8 Å². The minimum Gasteiger partial charge on any atom is -0.453 e. The average molecular weight is 479 g/mol. The van der Waals surface area contributed by atoms with Gasteiger partial charge in [0, 0.05) is 11.6 Å². The maximum Gasteiger partial charge on any atom is 0.321 e. The Balaban J connectivity index is 1.62. The highest BCUT2D eigenvalue weighted by atomic mass is 32.2. The van der Waals surface area contributed by atoms with Crippen molar-refractivity contribution in [3.05, 3.63) is 63.2 Å². The van der Waals surface area contributed by atoms with E-state index >= 15 is 0 Å². The summed E-state index contributed by atoms with van der Waals surface area (Å²) in [4.78, 5) is 35.1. The number of hydrogen-bond donors (Lipinski definition) is 1. The van der Waals surface area contributed by atoms with Gasteiger partial charge in [-0.05, 0) is 61.8 Å². The molecule has 0 aliphatic heterocycles. The normalized spacial score (nSPS) is 13.9. The van der Waals surface area contributed by atoms with Crippen LogP contribution in [-0.4, -0.2) is 44.0 Å². The Morgan fingerprint density at radius 3 is 2.59 bits per heavy atom. The lowest BCUT2D eigenvalue weighted by atomic mass is 10.0. The van der Waals surface area contributed by atoms with Crippen LogP contribution in [0.2, 0.25) is 0 Å². The number of esters is 1. The molecule has 0 heterocycles. The van der Waals surface area contributed by atoms with E-state index in [1.165, 1.54) is 24.6 Å². The molecule has 1 atom stereocenters. The Morgan fingerprint density at radius 2 is 1.91 bits per heavy atom. The van der Waals surface area contributed by atoms with Crippen molar-refractivity contribution < 1.29 is 27.7 Å². The molecule has 3 rings (SSSR count). The number of nitro groups is 1. The number of fused-ring (bicyclic) bond motifs is 1. The Bertz CT molecular complexity index is 1180. The fraction of sp³-hybridized carbons (Fsp3) is 0.333. The van der Waals surface area contributed by atoms with Gasteiger partial charge in [-0.1, -0.05) is 12.1 Å². The number of sulfonamides is 1. The third kappa shape index (κ3) is 5.34. The largest absolute Gasteiger partial charge is 0.453 e. The summed E-state index contributed by atoms with van der Waals surface area (Å²) in [7, 11) is -4.20. The van der Waals surface area contributed by atoms with E-state index < -0.39 is 33.6 Å². The Morgan fingerprint density at radius 1 is 1.19 bits per heavy atom. The maximum absolute atomic E-state index is 12.6. The Labute approximate surface area is 189 Å². The van der Waals surface area contributed by atoms with Crippen molar-refractivity contribution in [1.82, 2.24) is 4.72 Å². The molecule has 9 nitrogen and oxygen atoms in total. The van der Waals surface area contributed by atoms with Gasteiger partial charge in [-0.15, -0.1) is 11.8 Å². The van der Waals surface area contributed by atoms with Gasteiger partial charge >= 0.3 is 5.97 Å². The predicted octanol–water partition coefficient (Wildman–Crippen LogP) is 2.90. The number of carbonyl (C=O) groups excluding carboxylic acids is 2. The van der Waals surface area contributed by atoms with Gasteiger partial charge in [0.15, 0.2) is 6.10 Å². The highest BCUT2D eigenvalue weighted by molar-refractivity contribution is 7.98. The number of carbonyl (C=O) groups is 2. The molecule has 170 valence electrons. The minimum absolute atomic E-state index is 0.312. The first-order chi connectivity index (χ1) is 15.1. The van der Waals surface area contributed by atoms with Gasteiger partial charge < -0.3 is 4.74 Å². The molecule has 1 aliphatic carbocycles. The molecule has 0 amide bonds. The second-order valence-electron chi connectivity index (χ2n) is 7.25. The molecule has 0 spiro atoms. The molecular formula is C21H22N2O7S2. The number of Topliss-reactive ketones (excluding diaryl/α,β-unsaturated/α-hetero) is 1. The summed E-state index contributed by atoms with van der Waals surface area (Å²) in [6, 6.07) is 8.88. The zero-order valence-electron chi connectivity index (χ0n) is 17.5. The second kappa shape index (κ2) is 9.80. The van der Waals surface area contributed by atoms with Gasteiger partial charge in [-0.3, -0.25) is 19.7 Å². The second-order valence-corrected chi connectivity index (χ2v) is 9.86. The third-order valence-electron chi connectivity index (χ3n) is 5.12. The lowest BCUT2D eigenvalue weighted by molar-refractivity contribution is -0.387. The fourth-order valence-corrected chi connectivity index (χ4v) is 5.00. The molecule has 2 aromatic carbocycles. The first-order valence-corrected chi connectivity index (χ1v) is 12.5. The van der Waals surface area contributed by atoms with Gasteiger partial charge in [0.1, 0.15) is 6.54 Å². The standard InChI is InChI=1S/C21H22N2O7S2/c1-13(21(25)16-7-6-14-4-3-5-15(14)10-16)30-20(24)12-22-32(28,29)17-8-9-19(31-2)18(11-17)23(26)27/h6-11,13,22H,3-5,12H2,1-2H3. The van der Waals surface area contributed by atoms with E-state index in [0.717, 1.165) is 42.7 Å². The smallest absolute Gasteiger partial charge is 0.321 e. The molecule has 0 aromatic heterocycles. The highest BCUT2D eigenvalue weighted by Crippen LogP contribution is 2.29. The zero-order valence-corrected chi connectivity index (χ0v) is 19.1. The van der Waals surface area contributed by atoms with Crippen LogP contribution in [0, 0.1) is 10.1 Å². The first kappa shape index (κ1) is 23.9. The van der Waals surface area contributed by atoms with Gasteiger partial charge in [-0.25, -0.2) is 8.42 Å². The molecule has 0 radical (unpaired) electrons. The van der Waals surface area contributed by atoms with E-state index in [9.17, 15) is 28.1 Å². The zero-order chi connectivity index (χ0) is 23.5. The van der Waals surface area contributed by atoms with Gasteiger partial charge in [0.25, 0.3) is 5.69 Å². The van der Waals surface area contributed by atoms with Crippen molar-refractivity contribution in [3.63, 3.8) is 0 Å². The van der Waals surface area contributed by atoms with Crippen LogP contribution in [0.25, 0.3) is 0 Å². The van der Waals surface area contributed by atoms with Crippen LogP contribution in [0.3, 0.4) is 0 Å². The minimum atomic E-state index is -4.20. The van der Waals surface area contributed by atoms with Crippen LogP contribution < -0.4 is 4.72 Å². The van der Waals surface area contributed by atoms with Crippen LogP contribution in [0.15, 0.2) is 46.2 Å². The Hall–Kier alpha value is -2.76. The summed E-state index contributed by atoms with van der Waals surface area (Å²) < 4.78 is 32.0. The number of ketones is 1.